The fourth-order valence-electron chi connectivity index (χ4n) is 2.38. The van der Waals surface area contributed by atoms with Gasteiger partial charge in [0.25, 0.3) is 0 Å². The van der Waals surface area contributed by atoms with Gasteiger partial charge in [-0.25, -0.2) is 0 Å². The number of hydrogen-bond acceptors (Lipinski definition) is 4. The van der Waals surface area contributed by atoms with E-state index in [0.29, 0.717) is 12.4 Å². The van der Waals surface area contributed by atoms with Gasteiger partial charge in [0, 0.05) is 6.08 Å². The molecule has 1 amide bonds. The minimum Gasteiger partial charge on any atom is -0.491 e. The largest absolute Gasteiger partial charge is 0.491 e. The van der Waals surface area contributed by atoms with Crippen LogP contribution < -0.4 is 19.5 Å². The maximum absolute atomic E-state index is 12.0. The van der Waals surface area contributed by atoms with E-state index in [1.807, 2.05) is 56.3 Å². The zero-order chi connectivity index (χ0) is 17.6. The third-order valence-electron chi connectivity index (χ3n) is 3.73. The van der Waals surface area contributed by atoms with Crippen LogP contribution >= 0.6 is 0 Å². The number of benzene rings is 2. The van der Waals surface area contributed by atoms with E-state index < -0.39 is 0 Å². The highest BCUT2D eigenvalue weighted by molar-refractivity contribution is 5.92. The van der Waals surface area contributed by atoms with Gasteiger partial charge >= 0.3 is 0 Å². The molecule has 0 unspecified atom stereocenters. The van der Waals surface area contributed by atoms with Crippen LogP contribution in [0, 0.1) is 6.92 Å². The van der Waals surface area contributed by atoms with Crippen molar-refractivity contribution in [3.63, 3.8) is 0 Å². The maximum Gasteiger partial charge on any atom is 0.244 e. The van der Waals surface area contributed by atoms with Crippen LogP contribution in [-0.4, -0.2) is 25.3 Å². The normalized spacial score (nSPS) is 13.7. The number of carbonyl (C=O) groups excluding carboxylic acids is 1. The molecule has 0 fully saturated rings. The summed E-state index contributed by atoms with van der Waals surface area (Å²) in [5.41, 5.74) is 2.06. The van der Waals surface area contributed by atoms with Crippen LogP contribution in [0.15, 0.2) is 48.5 Å². The first-order valence-corrected chi connectivity index (χ1v) is 8.18. The van der Waals surface area contributed by atoms with Gasteiger partial charge in [-0.15, -0.1) is 0 Å². The van der Waals surface area contributed by atoms with E-state index in [9.17, 15) is 4.79 Å². The van der Waals surface area contributed by atoms with Crippen molar-refractivity contribution in [3.8, 4) is 17.2 Å². The van der Waals surface area contributed by atoms with Gasteiger partial charge < -0.3 is 19.5 Å². The molecule has 0 aliphatic carbocycles. The summed E-state index contributed by atoms with van der Waals surface area (Å²) >= 11 is 0. The van der Waals surface area contributed by atoms with Gasteiger partial charge in [0.05, 0.1) is 6.04 Å². The van der Waals surface area contributed by atoms with Gasteiger partial charge in [0.1, 0.15) is 12.4 Å². The molecule has 0 saturated heterocycles. The Morgan fingerprint density at radius 1 is 1.20 bits per heavy atom. The molecule has 1 atom stereocenters. The number of carbonyl (C=O) groups is 1. The van der Waals surface area contributed by atoms with Crippen molar-refractivity contribution in [2.24, 2.45) is 0 Å². The molecule has 1 aliphatic rings. The maximum atomic E-state index is 12.0. The SMILES string of the molecule is Cc1ccc(OC[C@H](C)NC(=O)/C=C/c2ccc3c(c2)OCO3)cc1. The highest BCUT2D eigenvalue weighted by atomic mass is 16.7. The monoisotopic (exact) mass is 339 g/mol. The van der Waals surface area contributed by atoms with Crippen LogP contribution in [0.4, 0.5) is 0 Å². The van der Waals surface area contributed by atoms with Crippen molar-refractivity contribution < 1.29 is 19.0 Å². The third-order valence-corrected chi connectivity index (χ3v) is 3.73. The van der Waals surface area contributed by atoms with Gasteiger partial charge in [-0.3, -0.25) is 4.79 Å². The molecule has 0 radical (unpaired) electrons. The molecule has 0 bridgehead atoms. The Labute approximate surface area is 147 Å². The summed E-state index contributed by atoms with van der Waals surface area (Å²) in [6.07, 6.45) is 3.24. The van der Waals surface area contributed by atoms with E-state index in [1.165, 1.54) is 11.6 Å². The second kappa shape index (κ2) is 7.75. The molecule has 0 spiro atoms. The summed E-state index contributed by atoms with van der Waals surface area (Å²) < 4.78 is 16.2. The van der Waals surface area contributed by atoms with Crippen LogP contribution in [0.5, 0.6) is 17.2 Å². The number of rotatable bonds is 6. The number of nitrogens with one attached hydrogen (secondary N) is 1. The van der Waals surface area contributed by atoms with Crippen LogP contribution in [0.25, 0.3) is 6.08 Å². The Morgan fingerprint density at radius 3 is 2.76 bits per heavy atom. The third kappa shape index (κ3) is 4.76. The number of amides is 1. The molecule has 5 heteroatoms. The van der Waals surface area contributed by atoms with E-state index in [0.717, 1.165) is 17.1 Å². The lowest BCUT2D eigenvalue weighted by Crippen LogP contribution is -2.35. The quantitative estimate of drug-likeness (QED) is 0.820. The van der Waals surface area contributed by atoms with Crippen LogP contribution in [0.3, 0.4) is 0 Å². The number of hydrogen-bond donors (Lipinski definition) is 1. The van der Waals surface area contributed by atoms with Crippen LogP contribution in [0.1, 0.15) is 18.1 Å². The highest BCUT2D eigenvalue weighted by Gasteiger charge is 2.12. The molecule has 5 nitrogen and oxygen atoms in total. The number of fused-ring (bicyclic) bond motifs is 1. The Balaban J connectivity index is 1.47. The molecular weight excluding hydrogens is 318 g/mol. The van der Waals surface area contributed by atoms with Crippen molar-refractivity contribution in [2.75, 3.05) is 13.4 Å². The average Bonchev–Trinajstić information content (AvgIpc) is 3.07. The van der Waals surface area contributed by atoms with E-state index in [2.05, 4.69) is 5.32 Å². The predicted octanol–water partition coefficient (Wildman–Crippen LogP) is 3.32. The van der Waals surface area contributed by atoms with E-state index in [-0.39, 0.29) is 18.7 Å². The molecule has 25 heavy (non-hydrogen) atoms. The summed E-state index contributed by atoms with van der Waals surface area (Å²) in [6.45, 7) is 4.58. The fourth-order valence-corrected chi connectivity index (χ4v) is 2.38. The fraction of sp³-hybridized carbons (Fsp3) is 0.250. The molecule has 0 aromatic heterocycles. The molecular formula is C20H21NO4. The average molecular weight is 339 g/mol. The van der Waals surface area contributed by atoms with Crippen molar-refractivity contribution in [2.45, 2.75) is 19.9 Å². The summed E-state index contributed by atoms with van der Waals surface area (Å²) in [6, 6.07) is 13.3. The number of ether oxygens (including phenoxy) is 3. The van der Waals surface area contributed by atoms with E-state index >= 15 is 0 Å². The highest BCUT2D eigenvalue weighted by Crippen LogP contribution is 2.32. The Kier molecular flexibility index (Phi) is 5.23. The van der Waals surface area contributed by atoms with Gasteiger partial charge in [-0.2, -0.15) is 0 Å². The second-order valence-corrected chi connectivity index (χ2v) is 5.98. The first-order chi connectivity index (χ1) is 12.1. The van der Waals surface area contributed by atoms with Crippen molar-refractivity contribution in [1.82, 2.24) is 5.32 Å². The number of aryl methyl sites for hydroxylation is 1. The topological polar surface area (TPSA) is 56.8 Å². The van der Waals surface area contributed by atoms with Crippen molar-refractivity contribution in [3.05, 3.63) is 59.7 Å². The van der Waals surface area contributed by atoms with Gasteiger partial charge in [-0.05, 0) is 49.8 Å². The van der Waals surface area contributed by atoms with E-state index in [1.54, 1.807) is 6.08 Å². The zero-order valence-electron chi connectivity index (χ0n) is 14.3. The molecule has 3 rings (SSSR count). The molecule has 2 aromatic carbocycles. The van der Waals surface area contributed by atoms with Crippen LogP contribution in [-0.2, 0) is 4.79 Å². The first-order valence-electron chi connectivity index (χ1n) is 8.18. The summed E-state index contributed by atoms with van der Waals surface area (Å²) in [7, 11) is 0. The van der Waals surface area contributed by atoms with E-state index in [4.69, 9.17) is 14.2 Å². The van der Waals surface area contributed by atoms with Crippen molar-refractivity contribution >= 4 is 12.0 Å². The Morgan fingerprint density at radius 2 is 1.96 bits per heavy atom. The van der Waals surface area contributed by atoms with Crippen molar-refractivity contribution in [1.29, 1.82) is 0 Å². The van der Waals surface area contributed by atoms with Gasteiger partial charge in [-0.1, -0.05) is 23.8 Å². The molecule has 130 valence electrons. The lowest BCUT2D eigenvalue weighted by molar-refractivity contribution is -0.117. The summed E-state index contributed by atoms with van der Waals surface area (Å²) in [4.78, 5) is 12.0. The lowest BCUT2D eigenvalue weighted by Gasteiger charge is -2.14. The summed E-state index contributed by atoms with van der Waals surface area (Å²) in [5, 5.41) is 2.88. The minimum absolute atomic E-state index is 0.102. The molecule has 1 heterocycles. The second-order valence-electron chi connectivity index (χ2n) is 5.98. The zero-order valence-corrected chi connectivity index (χ0v) is 14.3. The predicted molar refractivity (Wildman–Crippen MR) is 95.9 cm³/mol. The minimum atomic E-state index is -0.169. The Bertz CT molecular complexity index is 768. The standard InChI is InChI=1S/C20H21NO4/c1-14-3-7-17(8-4-14)23-12-15(2)21-20(22)10-6-16-5-9-18-19(11-16)25-13-24-18/h3-11,15H,12-13H2,1-2H3,(H,21,22)/b10-6+/t15-/m0/s1. The summed E-state index contributed by atoms with van der Waals surface area (Å²) in [5.74, 6) is 2.05. The molecule has 2 aromatic rings. The smallest absolute Gasteiger partial charge is 0.244 e. The molecule has 1 aliphatic heterocycles. The Hall–Kier alpha value is -2.95. The lowest BCUT2D eigenvalue weighted by atomic mass is 10.2. The first kappa shape index (κ1) is 16.9. The molecule has 0 saturated carbocycles. The van der Waals surface area contributed by atoms with Gasteiger partial charge in [0.15, 0.2) is 11.5 Å². The molecule has 1 N–H and O–H groups in total. The van der Waals surface area contributed by atoms with Gasteiger partial charge in [0.2, 0.25) is 12.7 Å². The van der Waals surface area contributed by atoms with Crippen LogP contribution in [0.2, 0.25) is 0 Å².